The monoisotopic (exact) mass is 457 g/mol. The Bertz CT molecular complexity index is 989. The van der Waals surface area contributed by atoms with E-state index in [1.165, 1.54) is 10.6 Å². The highest BCUT2D eigenvalue weighted by molar-refractivity contribution is 6.30. The number of imidazole rings is 1. The first-order valence-corrected chi connectivity index (χ1v) is 10.6. The molecule has 1 aliphatic rings. The average molecular weight is 458 g/mol. The van der Waals surface area contributed by atoms with E-state index in [2.05, 4.69) is 20.6 Å². The molecule has 2 heterocycles. The molecule has 2 N–H and O–H groups in total. The van der Waals surface area contributed by atoms with Gasteiger partial charge in [0.25, 0.3) is 6.43 Å². The molecular weight excluding hydrogens is 431 g/mol. The molecule has 0 bridgehead atoms. The fraction of sp³-hybridized carbons (Fsp3) is 0.524. The molecule has 2 atom stereocenters. The van der Waals surface area contributed by atoms with Gasteiger partial charge in [-0.1, -0.05) is 18.5 Å². The molecule has 0 radical (unpaired) electrons. The lowest BCUT2D eigenvalue weighted by Gasteiger charge is -2.25. The second-order valence-electron chi connectivity index (χ2n) is 7.69. The van der Waals surface area contributed by atoms with Crippen molar-refractivity contribution in [2.24, 2.45) is 4.99 Å². The molecule has 0 aliphatic carbocycles. The van der Waals surface area contributed by atoms with Gasteiger partial charge in [0.05, 0.1) is 10.5 Å². The van der Waals surface area contributed by atoms with Crippen molar-refractivity contribution in [1.82, 2.24) is 20.2 Å². The van der Waals surface area contributed by atoms with Crippen molar-refractivity contribution in [1.29, 1.82) is 0 Å². The highest BCUT2D eigenvalue weighted by Gasteiger charge is 2.26. The van der Waals surface area contributed by atoms with Gasteiger partial charge in [-0.05, 0) is 44.4 Å². The minimum Gasteiger partial charge on any atom is -0.385 e. The van der Waals surface area contributed by atoms with Gasteiger partial charge in [-0.3, -0.25) is 0 Å². The number of hydrogen-bond donors (Lipinski definition) is 2. The maximum absolute atomic E-state index is 14.9. The summed E-state index contributed by atoms with van der Waals surface area (Å²) in [4.78, 5) is 8.45. The average Bonchev–Trinajstić information content (AvgIpc) is 3.13. The van der Waals surface area contributed by atoms with Crippen LogP contribution in [-0.4, -0.2) is 35.3 Å². The number of halogens is 4. The maximum atomic E-state index is 14.9. The smallest absolute Gasteiger partial charge is 0.295 e. The summed E-state index contributed by atoms with van der Waals surface area (Å²) in [7, 11) is 1.65. The highest BCUT2D eigenvalue weighted by atomic mass is 35.5. The van der Waals surface area contributed by atoms with Gasteiger partial charge in [-0.15, -0.1) is 0 Å². The Morgan fingerprint density at radius 3 is 2.68 bits per heavy atom. The van der Waals surface area contributed by atoms with Crippen molar-refractivity contribution in [3.63, 3.8) is 0 Å². The van der Waals surface area contributed by atoms with Gasteiger partial charge < -0.3 is 19.9 Å². The minimum atomic E-state index is -2.81. The molecule has 10 heteroatoms. The molecule has 31 heavy (non-hydrogen) atoms. The van der Waals surface area contributed by atoms with Gasteiger partial charge in [0.2, 0.25) is 0 Å². The van der Waals surface area contributed by atoms with E-state index in [4.69, 9.17) is 16.3 Å². The standard InChI is InChI=1S/C21H27ClF3N5O/c1-5-13(6-7-31-4)27-21-26-10-14(22)17(29-21)12-8-15(23)18-16(9-12)30(11(2)3)20(28-18)19(24)25/h8-11,13,17,19H,5-7H2,1-4H3,(H2,26,27,29). The summed E-state index contributed by atoms with van der Waals surface area (Å²) in [6, 6.07) is 2.02. The molecule has 6 nitrogen and oxygen atoms in total. The van der Waals surface area contributed by atoms with Gasteiger partial charge in [0.15, 0.2) is 17.6 Å². The molecular formula is C21H27ClF3N5O. The summed E-state index contributed by atoms with van der Waals surface area (Å²) in [6.07, 6.45) is 0.431. The number of rotatable bonds is 8. The van der Waals surface area contributed by atoms with Crippen LogP contribution in [0.5, 0.6) is 0 Å². The predicted octanol–water partition coefficient (Wildman–Crippen LogP) is 5.18. The predicted molar refractivity (Wildman–Crippen MR) is 116 cm³/mol. The molecule has 1 aromatic carbocycles. The number of hydrogen-bond acceptors (Lipinski definition) is 5. The summed E-state index contributed by atoms with van der Waals surface area (Å²) in [5.74, 6) is -0.640. The summed E-state index contributed by atoms with van der Waals surface area (Å²) >= 11 is 6.38. The Balaban J connectivity index is 2.00. The molecule has 0 saturated heterocycles. The zero-order valence-corrected chi connectivity index (χ0v) is 18.7. The zero-order chi connectivity index (χ0) is 22.7. The lowest BCUT2D eigenvalue weighted by molar-refractivity contribution is 0.134. The number of nitrogens with zero attached hydrogens (tertiary/aromatic N) is 3. The Labute approximate surface area is 184 Å². The summed E-state index contributed by atoms with van der Waals surface area (Å²) < 4.78 is 48.3. The first-order valence-electron chi connectivity index (χ1n) is 10.2. The molecule has 170 valence electrons. The number of ether oxygens (including phenoxy) is 1. The molecule has 0 spiro atoms. The van der Waals surface area contributed by atoms with Crippen LogP contribution in [0.2, 0.25) is 0 Å². The number of fused-ring (bicyclic) bond motifs is 1. The molecule has 1 aromatic heterocycles. The molecule has 2 aromatic rings. The number of nitrogens with one attached hydrogen (secondary N) is 2. The summed E-state index contributed by atoms with van der Waals surface area (Å²) in [6.45, 7) is 6.15. The van der Waals surface area contributed by atoms with Crippen molar-refractivity contribution in [3.05, 3.63) is 40.6 Å². The van der Waals surface area contributed by atoms with E-state index in [1.54, 1.807) is 33.2 Å². The topological polar surface area (TPSA) is 63.5 Å². The fourth-order valence-corrected chi connectivity index (χ4v) is 3.86. The van der Waals surface area contributed by atoms with Crippen molar-refractivity contribution in [2.75, 3.05) is 13.7 Å². The molecule has 0 amide bonds. The summed E-state index contributed by atoms with van der Waals surface area (Å²) in [5.41, 5.74) is 0.661. The normalized spacial score (nSPS) is 17.7. The number of guanidine groups is 1. The Morgan fingerprint density at radius 1 is 1.32 bits per heavy atom. The maximum Gasteiger partial charge on any atom is 0.295 e. The van der Waals surface area contributed by atoms with Crippen LogP contribution in [0.25, 0.3) is 11.0 Å². The quantitative estimate of drug-likeness (QED) is 0.573. The van der Waals surface area contributed by atoms with E-state index in [9.17, 15) is 13.2 Å². The number of aliphatic imine (C=N–C) groups is 1. The van der Waals surface area contributed by atoms with Gasteiger partial charge >= 0.3 is 0 Å². The molecule has 0 fully saturated rings. The highest BCUT2D eigenvalue weighted by Crippen LogP contribution is 2.35. The van der Waals surface area contributed by atoms with Gasteiger partial charge in [-0.2, -0.15) is 0 Å². The van der Waals surface area contributed by atoms with Crippen LogP contribution in [0.4, 0.5) is 13.2 Å². The second kappa shape index (κ2) is 9.91. The third-order valence-electron chi connectivity index (χ3n) is 5.20. The van der Waals surface area contributed by atoms with Gasteiger partial charge in [-0.25, -0.2) is 23.1 Å². The molecule has 1 aliphatic heterocycles. The SMILES string of the molecule is CCC(CCOC)NC1=NC(c2cc(F)c3nc(C(F)F)n(C(C)C)c3c2)C(Cl)=CN1. The fourth-order valence-electron chi connectivity index (χ4n) is 3.63. The third-order valence-corrected chi connectivity index (χ3v) is 5.51. The zero-order valence-electron chi connectivity index (χ0n) is 17.9. The van der Waals surface area contributed by atoms with Crippen molar-refractivity contribution in [2.45, 2.75) is 58.2 Å². The van der Waals surface area contributed by atoms with Crippen LogP contribution in [0.15, 0.2) is 28.4 Å². The second-order valence-corrected chi connectivity index (χ2v) is 8.13. The number of alkyl halides is 2. The lowest BCUT2D eigenvalue weighted by Crippen LogP contribution is -2.43. The van der Waals surface area contributed by atoms with Crippen LogP contribution in [-0.2, 0) is 4.74 Å². The van der Waals surface area contributed by atoms with Crippen LogP contribution in [0.3, 0.4) is 0 Å². The Kier molecular flexibility index (Phi) is 7.48. The Morgan fingerprint density at radius 2 is 2.06 bits per heavy atom. The van der Waals surface area contributed by atoms with E-state index in [0.717, 1.165) is 12.8 Å². The van der Waals surface area contributed by atoms with Gasteiger partial charge in [0, 0.05) is 32.0 Å². The van der Waals surface area contributed by atoms with Crippen molar-refractivity contribution < 1.29 is 17.9 Å². The molecule has 0 saturated carbocycles. The van der Waals surface area contributed by atoms with Gasteiger partial charge in [0.1, 0.15) is 11.6 Å². The van der Waals surface area contributed by atoms with E-state index in [0.29, 0.717) is 28.7 Å². The van der Waals surface area contributed by atoms with Crippen molar-refractivity contribution in [3.8, 4) is 0 Å². The largest absolute Gasteiger partial charge is 0.385 e. The summed E-state index contributed by atoms with van der Waals surface area (Å²) in [5, 5.41) is 6.67. The minimum absolute atomic E-state index is 0.0882. The first-order chi connectivity index (χ1) is 14.8. The number of benzene rings is 1. The molecule has 3 rings (SSSR count). The van der Waals surface area contributed by atoms with E-state index in [1.807, 2.05) is 6.92 Å². The lowest BCUT2D eigenvalue weighted by atomic mass is 10.0. The first kappa shape index (κ1) is 23.4. The van der Waals surface area contributed by atoms with Crippen LogP contribution in [0, 0.1) is 5.82 Å². The third kappa shape index (κ3) is 4.98. The van der Waals surface area contributed by atoms with Crippen molar-refractivity contribution >= 4 is 28.6 Å². The number of aromatic nitrogens is 2. The van der Waals surface area contributed by atoms with Crippen LogP contribution < -0.4 is 10.6 Å². The Hall–Kier alpha value is -2.26. The van der Waals surface area contributed by atoms with Crippen LogP contribution in [0.1, 0.15) is 63.5 Å². The molecule has 2 unspecified atom stereocenters. The van der Waals surface area contributed by atoms with E-state index in [-0.39, 0.29) is 17.6 Å². The number of methoxy groups -OCH3 is 1. The van der Waals surface area contributed by atoms with E-state index < -0.39 is 24.1 Å². The van der Waals surface area contributed by atoms with Crippen LogP contribution >= 0.6 is 11.6 Å². The van der Waals surface area contributed by atoms with E-state index >= 15 is 0 Å².